The van der Waals surface area contributed by atoms with E-state index in [9.17, 15) is 4.39 Å². The van der Waals surface area contributed by atoms with Crippen molar-refractivity contribution in [3.05, 3.63) is 59.9 Å². The van der Waals surface area contributed by atoms with Crippen LogP contribution in [-0.4, -0.2) is 19.6 Å². The molecule has 0 aliphatic carbocycles. The third kappa shape index (κ3) is 4.15. The van der Waals surface area contributed by atoms with Gasteiger partial charge in [0.15, 0.2) is 0 Å². The summed E-state index contributed by atoms with van der Waals surface area (Å²) in [4.78, 5) is 0. The van der Waals surface area contributed by atoms with Gasteiger partial charge < -0.3 is 11.1 Å². The Labute approximate surface area is 119 Å². The Morgan fingerprint density at radius 3 is 2.55 bits per heavy atom. The van der Waals surface area contributed by atoms with Gasteiger partial charge in [0.2, 0.25) is 0 Å². The van der Waals surface area contributed by atoms with Crippen molar-refractivity contribution in [3.63, 3.8) is 0 Å². The summed E-state index contributed by atoms with van der Waals surface area (Å²) in [7, 11) is 0. The quantitative estimate of drug-likeness (QED) is 0.760. The van der Waals surface area contributed by atoms with Gasteiger partial charge >= 0.3 is 0 Å². The third-order valence-electron chi connectivity index (χ3n) is 3.28. The zero-order valence-corrected chi connectivity index (χ0v) is 11.6. The highest BCUT2D eigenvalue weighted by atomic mass is 19.1. The minimum absolute atomic E-state index is 0.186. The molecule has 106 valence electrons. The molecule has 0 aliphatic rings. The van der Waals surface area contributed by atoms with E-state index in [0.717, 1.165) is 37.1 Å². The molecule has 0 fully saturated rings. The maximum atomic E-state index is 13.5. The Balaban J connectivity index is 2.09. The fraction of sp³-hybridized carbons (Fsp3) is 0.294. The number of hydrogen-bond donors (Lipinski definition) is 2. The van der Waals surface area contributed by atoms with Crippen LogP contribution < -0.4 is 11.1 Å². The molecule has 2 nitrogen and oxygen atoms in total. The summed E-state index contributed by atoms with van der Waals surface area (Å²) in [6.45, 7) is 2.43. The highest BCUT2D eigenvalue weighted by Gasteiger charge is 2.06. The Morgan fingerprint density at radius 1 is 1.00 bits per heavy atom. The van der Waals surface area contributed by atoms with Crippen LogP contribution in [0.3, 0.4) is 0 Å². The molecule has 2 aromatic carbocycles. The number of aryl methyl sites for hydroxylation is 1. The minimum Gasteiger partial charge on any atom is -0.329 e. The first-order valence-electron chi connectivity index (χ1n) is 7.06. The van der Waals surface area contributed by atoms with Gasteiger partial charge in [0.25, 0.3) is 0 Å². The second kappa shape index (κ2) is 7.78. The third-order valence-corrected chi connectivity index (χ3v) is 3.28. The van der Waals surface area contributed by atoms with Gasteiger partial charge in [0.1, 0.15) is 5.82 Å². The van der Waals surface area contributed by atoms with Crippen molar-refractivity contribution in [2.24, 2.45) is 5.73 Å². The van der Waals surface area contributed by atoms with Crippen molar-refractivity contribution in [2.45, 2.75) is 12.8 Å². The SMILES string of the molecule is NCCNCCCc1ccc(F)cc1-c1ccccc1. The van der Waals surface area contributed by atoms with Crippen molar-refractivity contribution in [3.8, 4) is 11.1 Å². The van der Waals surface area contributed by atoms with Crippen LogP contribution in [0.25, 0.3) is 11.1 Å². The Hall–Kier alpha value is -1.71. The number of nitrogens with one attached hydrogen (secondary N) is 1. The molecule has 3 heteroatoms. The first kappa shape index (κ1) is 14.7. The van der Waals surface area contributed by atoms with E-state index in [1.807, 2.05) is 36.4 Å². The van der Waals surface area contributed by atoms with E-state index in [-0.39, 0.29) is 5.82 Å². The maximum Gasteiger partial charge on any atom is 0.123 e. The molecule has 0 aromatic heterocycles. The highest BCUT2D eigenvalue weighted by molar-refractivity contribution is 5.67. The molecule has 2 rings (SSSR count). The predicted molar refractivity (Wildman–Crippen MR) is 82.1 cm³/mol. The normalized spacial score (nSPS) is 10.7. The molecule has 0 radical (unpaired) electrons. The van der Waals surface area contributed by atoms with Crippen LogP contribution in [0.15, 0.2) is 48.5 Å². The van der Waals surface area contributed by atoms with E-state index in [4.69, 9.17) is 5.73 Å². The molecule has 0 amide bonds. The number of nitrogens with two attached hydrogens (primary N) is 1. The van der Waals surface area contributed by atoms with Crippen molar-refractivity contribution < 1.29 is 4.39 Å². The molecular weight excluding hydrogens is 251 g/mol. The zero-order chi connectivity index (χ0) is 14.2. The molecule has 0 spiro atoms. The molecule has 0 heterocycles. The van der Waals surface area contributed by atoms with Gasteiger partial charge in [-0.05, 0) is 48.2 Å². The summed E-state index contributed by atoms with van der Waals surface area (Å²) < 4.78 is 13.5. The van der Waals surface area contributed by atoms with E-state index in [1.165, 1.54) is 11.6 Å². The van der Waals surface area contributed by atoms with Crippen LogP contribution in [-0.2, 0) is 6.42 Å². The molecule has 0 atom stereocenters. The molecule has 0 saturated carbocycles. The molecule has 20 heavy (non-hydrogen) atoms. The van der Waals surface area contributed by atoms with Crippen molar-refractivity contribution in [1.82, 2.24) is 5.32 Å². The van der Waals surface area contributed by atoms with Gasteiger partial charge in [-0.3, -0.25) is 0 Å². The standard InChI is InChI=1S/C17H21FN2/c18-16-9-8-15(7-4-11-20-12-10-19)17(13-16)14-5-2-1-3-6-14/h1-3,5-6,8-9,13,20H,4,7,10-12,19H2. The molecular formula is C17H21FN2. The summed E-state index contributed by atoms with van der Waals surface area (Å²) in [5.41, 5.74) is 8.68. The summed E-state index contributed by atoms with van der Waals surface area (Å²) in [6, 6.07) is 15.0. The lowest BCUT2D eigenvalue weighted by Crippen LogP contribution is -2.23. The lowest BCUT2D eigenvalue weighted by molar-refractivity contribution is 0.625. The molecule has 0 unspecified atom stereocenters. The van der Waals surface area contributed by atoms with E-state index in [0.29, 0.717) is 6.54 Å². The lowest BCUT2D eigenvalue weighted by Gasteiger charge is -2.10. The van der Waals surface area contributed by atoms with E-state index in [2.05, 4.69) is 5.32 Å². The van der Waals surface area contributed by atoms with Gasteiger partial charge in [-0.15, -0.1) is 0 Å². The molecule has 0 bridgehead atoms. The van der Waals surface area contributed by atoms with Crippen LogP contribution in [0.1, 0.15) is 12.0 Å². The Kier molecular flexibility index (Phi) is 5.71. The summed E-state index contributed by atoms with van der Waals surface area (Å²) in [5, 5.41) is 3.28. The van der Waals surface area contributed by atoms with Crippen LogP contribution in [0.2, 0.25) is 0 Å². The van der Waals surface area contributed by atoms with Crippen molar-refractivity contribution in [2.75, 3.05) is 19.6 Å². The molecule has 0 aliphatic heterocycles. The smallest absolute Gasteiger partial charge is 0.123 e. The summed E-state index contributed by atoms with van der Waals surface area (Å²) >= 11 is 0. The number of halogens is 1. The fourth-order valence-electron chi connectivity index (χ4n) is 2.28. The molecule has 0 saturated heterocycles. The Bertz CT molecular complexity index is 526. The van der Waals surface area contributed by atoms with E-state index >= 15 is 0 Å². The van der Waals surface area contributed by atoms with E-state index in [1.54, 1.807) is 6.07 Å². The maximum absolute atomic E-state index is 13.5. The van der Waals surface area contributed by atoms with Crippen LogP contribution in [0.5, 0.6) is 0 Å². The summed E-state index contributed by atoms with van der Waals surface area (Å²) in [5.74, 6) is -0.186. The van der Waals surface area contributed by atoms with Crippen molar-refractivity contribution >= 4 is 0 Å². The zero-order valence-electron chi connectivity index (χ0n) is 11.6. The number of benzene rings is 2. The van der Waals surface area contributed by atoms with Gasteiger partial charge in [0, 0.05) is 13.1 Å². The number of rotatable bonds is 7. The van der Waals surface area contributed by atoms with Crippen LogP contribution in [0.4, 0.5) is 4.39 Å². The lowest BCUT2D eigenvalue weighted by atomic mass is 9.96. The fourth-order valence-corrected chi connectivity index (χ4v) is 2.28. The highest BCUT2D eigenvalue weighted by Crippen LogP contribution is 2.25. The first-order chi connectivity index (χ1) is 9.81. The van der Waals surface area contributed by atoms with E-state index < -0.39 is 0 Å². The van der Waals surface area contributed by atoms with Gasteiger partial charge in [0.05, 0.1) is 0 Å². The minimum atomic E-state index is -0.186. The predicted octanol–water partition coefficient (Wildman–Crippen LogP) is 2.97. The monoisotopic (exact) mass is 272 g/mol. The second-order valence-corrected chi connectivity index (χ2v) is 4.81. The van der Waals surface area contributed by atoms with Crippen molar-refractivity contribution in [1.29, 1.82) is 0 Å². The summed E-state index contributed by atoms with van der Waals surface area (Å²) in [6.07, 6.45) is 1.95. The van der Waals surface area contributed by atoms with Gasteiger partial charge in [-0.25, -0.2) is 4.39 Å². The topological polar surface area (TPSA) is 38.0 Å². The Morgan fingerprint density at radius 2 is 1.80 bits per heavy atom. The molecule has 2 aromatic rings. The second-order valence-electron chi connectivity index (χ2n) is 4.81. The van der Waals surface area contributed by atoms with Gasteiger partial charge in [-0.1, -0.05) is 36.4 Å². The average molecular weight is 272 g/mol. The van der Waals surface area contributed by atoms with Gasteiger partial charge in [-0.2, -0.15) is 0 Å². The van der Waals surface area contributed by atoms with Crippen LogP contribution in [0, 0.1) is 5.82 Å². The first-order valence-corrected chi connectivity index (χ1v) is 7.06. The molecule has 3 N–H and O–H groups in total. The van der Waals surface area contributed by atoms with Crippen LogP contribution >= 0.6 is 0 Å². The average Bonchev–Trinajstić information content (AvgIpc) is 2.49. The number of hydrogen-bond acceptors (Lipinski definition) is 2. The largest absolute Gasteiger partial charge is 0.329 e.